The van der Waals surface area contributed by atoms with Crippen molar-refractivity contribution in [3.8, 4) is 11.3 Å². The van der Waals surface area contributed by atoms with Crippen molar-refractivity contribution in [1.82, 2.24) is 14.7 Å². The van der Waals surface area contributed by atoms with Crippen molar-refractivity contribution in [3.05, 3.63) is 40.5 Å². The van der Waals surface area contributed by atoms with Crippen molar-refractivity contribution < 1.29 is 9.90 Å². The molecule has 1 N–H and O–H groups in total. The summed E-state index contributed by atoms with van der Waals surface area (Å²) in [6.07, 6.45) is 5.33. The van der Waals surface area contributed by atoms with Gasteiger partial charge in [-0.25, -0.2) is 4.79 Å². The Hall–Kier alpha value is -2.01. The quantitative estimate of drug-likeness (QED) is 0.785. The van der Waals surface area contributed by atoms with Crippen LogP contribution in [0.1, 0.15) is 49.9 Å². The van der Waals surface area contributed by atoms with Crippen LogP contribution in [0, 0.1) is 5.92 Å². The molecule has 27 heavy (non-hydrogen) atoms. The predicted octanol–water partition coefficient (Wildman–Crippen LogP) is 5.03. The molecule has 0 spiro atoms. The lowest BCUT2D eigenvalue weighted by molar-refractivity contribution is 0.147. The van der Waals surface area contributed by atoms with Crippen LogP contribution in [0.4, 0.5) is 4.79 Å². The first kappa shape index (κ1) is 18.4. The molecule has 6 heteroatoms. The highest BCUT2D eigenvalue weighted by atomic mass is 35.5. The fourth-order valence-corrected chi connectivity index (χ4v) is 4.56. The summed E-state index contributed by atoms with van der Waals surface area (Å²) in [4.78, 5) is 12.9. The van der Waals surface area contributed by atoms with Crippen molar-refractivity contribution >= 4 is 17.7 Å². The first-order valence-corrected chi connectivity index (χ1v) is 10.2. The molecule has 2 heterocycles. The van der Waals surface area contributed by atoms with Crippen LogP contribution in [0.2, 0.25) is 5.02 Å². The van der Waals surface area contributed by atoms with Gasteiger partial charge in [-0.2, -0.15) is 5.10 Å². The Morgan fingerprint density at radius 1 is 1.11 bits per heavy atom. The van der Waals surface area contributed by atoms with Gasteiger partial charge in [0.2, 0.25) is 0 Å². The number of aromatic nitrogens is 2. The lowest BCUT2D eigenvalue weighted by Crippen LogP contribution is -2.32. The van der Waals surface area contributed by atoms with Crippen LogP contribution >= 0.6 is 11.6 Å². The maximum Gasteiger partial charge on any atom is 0.407 e. The number of hydrogen-bond donors (Lipinski definition) is 1. The number of carboxylic acid groups (broad SMARTS) is 1. The van der Waals surface area contributed by atoms with Gasteiger partial charge in [0.25, 0.3) is 0 Å². The second kappa shape index (κ2) is 7.55. The van der Waals surface area contributed by atoms with Gasteiger partial charge in [-0.3, -0.25) is 4.68 Å². The smallest absolute Gasteiger partial charge is 0.407 e. The van der Waals surface area contributed by atoms with Crippen molar-refractivity contribution in [2.24, 2.45) is 5.92 Å². The predicted molar refractivity (Wildman–Crippen MR) is 106 cm³/mol. The largest absolute Gasteiger partial charge is 0.465 e. The summed E-state index contributed by atoms with van der Waals surface area (Å²) in [5.74, 6) is 0.790. The van der Waals surface area contributed by atoms with Crippen LogP contribution < -0.4 is 0 Å². The maximum atomic E-state index is 11.4. The average molecular weight is 388 g/mol. The molecule has 1 fully saturated rings. The minimum absolute atomic E-state index is 0.425. The Morgan fingerprint density at radius 2 is 1.78 bits per heavy atom. The summed E-state index contributed by atoms with van der Waals surface area (Å²) in [5, 5.41) is 15.1. The zero-order valence-electron chi connectivity index (χ0n) is 15.7. The van der Waals surface area contributed by atoms with Gasteiger partial charge in [-0.15, -0.1) is 0 Å². The normalized spacial score (nSPS) is 23.0. The molecule has 4 rings (SSSR count). The molecular formula is C21H26ClN3O2. The van der Waals surface area contributed by atoms with Crippen LogP contribution in [0.25, 0.3) is 11.3 Å². The molecule has 1 amide bonds. The standard InChI is InChI=1S/C21H26ClN3O2/c1-14-2-8-17(9-3-14)25-20(15-4-6-16(22)7-5-15)18-10-12-24(21(26)27)13-11-19(18)23-25/h4-7,14,17H,2-3,8-13H2,1H3,(H,26,27). The third kappa shape index (κ3) is 3.70. The number of fused-ring (bicyclic) bond motifs is 1. The molecule has 0 unspecified atom stereocenters. The summed E-state index contributed by atoms with van der Waals surface area (Å²) >= 11 is 6.11. The fourth-order valence-electron chi connectivity index (χ4n) is 4.44. The molecule has 1 aromatic carbocycles. The minimum Gasteiger partial charge on any atom is -0.465 e. The molecule has 0 atom stereocenters. The van der Waals surface area contributed by atoms with Gasteiger partial charge < -0.3 is 10.0 Å². The highest BCUT2D eigenvalue weighted by molar-refractivity contribution is 6.30. The van der Waals surface area contributed by atoms with E-state index in [1.54, 1.807) is 0 Å². The third-order valence-electron chi connectivity index (χ3n) is 6.06. The molecule has 0 saturated heterocycles. The number of nitrogens with zero attached hydrogens (tertiary/aromatic N) is 3. The molecule has 5 nitrogen and oxygen atoms in total. The van der Waals surface area contributed by atoms with Gasteiger partial charge >= 0.3 is 6.09 Å². The molecule has 2 aromatic rings. The topological polar surface area (TPSA) is 58.4 Å². The summed E-state index contributed by atoms with van der Waals surface area (Å²) in [7, 11) is 0. The number of carbonyl (C=O) groups is 1. The molecule has 2 aliphatic rings. The van der Waals surface area contributed by atoms with Crippen LogP contribution in [-0.2, 0) is 12.8 Å². The zero-order chi connectivity index (χ0) is 19.0. The van der Waals surface area contributed by atoms with Gasteiger partial charge in [-0.1, -0.05) is 30.7 Å². The van der Waals surface area contributed by atoms with Gasteiger partial charge in [0.05, 0.1) is 17.4 Å². The molecule has 0 bridgehead atoms. The highest BCUT2D eigenvalue weighted by Gasteiger charge is 2.29. The molecule has 1 saturated carbocycles. The molecular weight excluding hydrogens is 362 g/mol. The number of rotatable bonds is 2. The fraction of sp³-hybridized carbons (Fsp3) is 0.524. The molecule has 1 aromatic heterocycles. The molecule has 0 radical (unpaired) electrons. The van der Waals surface area contributed by atoms with Crippen molar-refractivity contribution in [2.45, 2.75) is 51.5 Å². The third-order valence-corrected chi connectivity index (χ3v) is 6.31. The Morgan fingerprint density at radius 3 is 2.44 bits per heavy atom. The number of halogens is 1. The Bertz CT molecular complexity index is 823. The monoisotopic (exact) mass is 387 g/mol. The van der Waals surface area contributed by atoms with E-state index in [9.17, 15) is 9.90 Å². The van der Waals surface area contributed by atoms with E-state index in [4.69, 9.17) is 16.7 Å². The van der Waals surface area contributed by atoms with Gasteiger partial charge in [0.15, 0.2) is 0 Å². The van der Waals surface area contributed by atoms with Crippen molar-refractivity contribution in [3.63, 3.8) is 0 Å². The Kier molecular flexibility index (Phi) is 5.13. The van der Waals surface area contributed by atoms with Crippen molar-refractivity contribution in [2.75, 3.05) is 13.1 Å². The lowest BCUT2D eigenvalue weighted by atomic mass is 9.87. The van der Waals surface area contributed by atoms with E-state index in [1.807, 2.05) is 12.1 Å². The Balaban J connectivity index is 1.75. The number of hydrogen-bond acceptors (Lipinski definition) is 2. The van der Waals surface area contributed by atoms with E-state index >= 15 is 0 Å². The minimum atomic E-state index is -0.845. The summed E-state index contributed by atoms with van der Waals surface area (Å²) in [5.41, 5.74) is 4.55. The summed E-state index contributed by atoms with van der Waals surface area (Å²) < 4.78 is 2.25. The van der Waals surface area contributed by atoms with Crippen LogP contribution in [0.5, 0.6) is 0 Å². The average Bonchev–Trinajstić information content (AvgIpc) is 2.88. The SMILES string of the molecule is CC1CCC(n2nc3c(c2-c2ccc(Cl)cc2)CCN(C(=O)O)CC3)CC1. The van der Waals surface area contributed by atoms with Gasteiger partial charge in [-0.05, 0) is 50.2 Å². The zero-order valence-corrected chi connectivity index (χ0v) is 16.5. The van der Waals surface area contributed by atoms with E-state index in [0.717, 1.165) is 40.7 Å². The van der Waals surface area contributed by atoms with Crippen molar-refractivity contribution in [1.29, 1.82) is 0 Å². The van der Waals surface area contributed by atoms with Crippen LogP contribution in [-0.4, -0.2) is 39.0 Å². The second-order valence-electron chi connectivity index (χ2n) is 7.91. The van der Waals surface area contributed by atoms with Crippen LogP contribution in [0.15, 0.2) is 24.3 Å². The molecule has 1 aliphatic carbocycles. The number of amides is 1. The summed E-state index contributed by atoms with van der Waals surface area (Å²) in [6.45, 7) is 3.37. The van der Waals surface area contributed by atoms with E-state index in [1.165, 1.54) is 23.3 Å². The first-order chi connectivity index (χ1) is 13.0. The van der Waals surface area contributed by atoms with E-state index in [-0.39, 0.29) is 0 Å². The van der Waals surface area contributed by atoms with E-state index < -0.39 is 6.09 Å². The van der Waals surface area contributed by atoms with Crippen LogP contribution in [0.3, 0.4) is 0 Å². The summed E-state index contributed by atoms with van der Waals surface area (Å²) in [6, 6.07) is 8.38. The van der Waals surface area contributed by atoms with Gasteiger partial charge in [0, 0.05) is 35.7 Å². The van der Waals surface area contributed by atoms with E-state index in [0.29, 0.717) is 32.0 Å². The first-order valence-electron chi connectivity index (χ1n) is 9.87. The number of benzene rings is 1. The molecule has 1 aliphatic heterocycles. The highest BCUT2D eigenvalue weighted by Crippen LogP contribution is 2.38. The maximum absolute atomic E-state index is 11.4. The van der Waals surface area contributed by atoms with E-state index in [2.05, 4.69) is 23.7 Å². The second-order valence-corrected chi connectivity index (χ2v) is 8.35. The molecule has 144 valence electrons. The van der Waals surface area contributed by atoms with Gasteiger partial charge in [0.1, 0.15) is 0 Å². The Labute approximate surface area is 164 Å². The lowest BCUT2D eigenvalue weighted by Gasteiger charge is -2.28.